The van der Waals surface area contributed by atoms with Crippen molar-refractivity contribution < 1.29 is 14.3 Å². The third-order valence-corrected chi connectivity index (χ3v) is 4.65. The summed E-state index contributed by atoms with van der Waals surface area (Å²) in [4.78, 5) is 25.8. The second kappa shape index (κ2) is 9.25. The quantitative estimate of drug-likeness (QED) is 0.779. The molecule has 0 aliphatic carbocycles. The summed E-state index contributed by atoms with van der Waals surface area (Å²) in [5.74, 6) is -0.230. The average Bonchev–Trinajstić information content (AvgIpc) is 2.55. The van der Waals surface area contributed by atoms with E-state index in [9.17, 15) is 9.59 Å². The lowest BCUT2D eigenvalue weighted by atomic mass is 9.97. The standard InChI is InChI=1S/C17H22Cl2N2O3/c1-2-24-17(23)12-5-7-21(8-6-12)11-16(22)20-10-13-3-4-14(18)9-15(13)19/h3-4,9,12H,2,5-8,10-11H2,1H3,(H,20,22). The first kappa shape index (κ1) is 19.0. The van der Waals surface area contributed by atoms with E-state index in [0.29, 0.717) is 29.7 Å². The molecule has 1 fully saturated rings. The van der Waals surface area contributed by atoms with Gasteiger partial charge in [-0.05, 0) is 50.6 Å². The Labute approximate surface area is 152 Å². The number of nitrogens with one attached hydrogen (secondary N) is 1. The summed E-state index contributed by atoms with van der Waals surface area (Å²) >= 11 is 11.9. The van der Waals surface area contributed by atoms with Crippen LogP contribution >= 0.6 is 23.2 Å². The minimum atomic E-state index is -0.126. The van der Waals surface area contributed by atoms with Gasteiger partial charge in [0.1, 0.15) is 0 Å². The summed E-state index contributed by atoms with van der Waals surface area (Å²) in [5.41, 5.74) is 0.829. The highest BCUT2D eigenvalue weighted by molar-refractivity contribution is 6.35. The van der Waals surface area contributed by atoms with E-state index in [-0.39, 0.29) is 17.8 Å². The Morgan fingerprint density at radius 2 is 2.00 bits per heavy atom. The van der Waals surface area contributed by atoms with Crippen molar-refractivity contribution in [3.8, 4) is 0 Å². The van der Waals surface area contributed by atoms with Crippen molar-refractivity contribution in [2.24, 2.45) is 5.92 Å². The molecule has 1 aromatic rings. The van der Waals surface area contributed by atoms with E-state index >= 15 is 0 Å². The molecule has 1 saturated heterocycles. The fourth-order valence-electron chi connectivity index (χ4n) is 2.70. The lowest BCUT2D eigenvalue weighted by Crippen LogP contribution is -2.42. The summed E-state index contributed by atoms with van der Waals surface area (Å²) in [7, 11) is 0. The van der Waals surface area contributed by atoms with Gasteiger partial charge in [0.25, 0.3) is 0 Å². The van der Waals surface area contributed by atoms with Crippen molar-refractivity contribution >= 4 is 35.1 Å². The first-order valence-corrected chi connectivity index (χ1v) is 8.84. The minimum absolute atomic E-state index is 0.0443. The first-order chi connectivity index (χ1) is 11.5. The number of benzene rings is 1. The van der Waals surface area contributed by atoms with Gasteiger partial charge in [0, 0.05) is 16.6 Å². The SMILES string of the molecule is CCOC(=O)C1CCN(CC(=O)NCc2ccc(Cl)cc2Cl)CC1. The van der Waals surface area contributed by atoms with Crippen LogP contribution in [0.25, 0.3) is 0 Å². The Kier molecular flexibility index (Phi) is 7.34. The number of piperidine rings is 1. The predicted octanol–water partition coefficient (Wildman–Crippen LogP) is 2.88. The van der Waals surface area contributed by atoms with E-state index in [1.165, 1.54) is 0 Å². The van der Waals surface area contributed by atoms with E-state index in [1.54, 1.807) is 18.2 Å². The van der Waals surface area contributed by atoms with Crippen molar-refractivity contribution in [1.29, 1.82) is 0 Å². The van der Waals surface area contributed by atoms with Gasteiger partial charge in [-0.2, -0.15) is 0 Å². The number of esters is 1. The number of amides is 1. The lowest BCUT2D eigenvalue weighted by molar-refractivity contribution is -0.149. The predicted molar refractivity (Wildman–Crippen MR) is 94.1 cm³/mol. The molecule has 2 rings (SSSR count). The lowest BCUT2D eigenvalue weighted by Gasteiger charge is -2.30. The van der Waals surface area contributed by atoms with E-state index in [1.807, 2.05) is 6.92 Å². The summed E-state index contributed by atoms with van der Waals surface area (Å²) in [5, 5.41) is 3.97. The van der Waals surface area contributed by atoms with Crippen molar-refractivity contribution in [2.45, 2.75) is 26.3 Å². The Morgan fingerprint density at radius 3 is 2.62 bits per heavy atom. The molecule has 132 valence electrons. The average molecular weight is 373 g/mol. The molecular formula is C17H22Cl2N2O3. The van der Waals surface area contributed by atoms with Gasteiger partial charge in [-0.3, -0.25) is 14.5 Å². The number of rotatable bonds is 6. The molecule has 0 radical (unpaired) electrons. The van der Waals surface area contributed by atoms with Crippen LogP contribution in [0.5, 0.6) is 0 Å². The van der Waals surface area contributed by atoms with Crippen LogP contribution in [0.1, 0.15) is 25.3 Å². The summed E-state index contributed by atoms with van der Waals surface area (Å²) in [6.07, 6.45) is 1.46. The highest BCUT2D eigenvalue weighted by Gasteiger charge is 2.26. The maximum Gasteiger partial charge on any atom is 0.309 e. The van der Waals surface area contributed by atoms with Gasteiger partial charge in [-0.15, -0.1) is 0 Å². The zero-order valence-corrected chi connectivity index (χ0v) is 15.2. The number of ether oxygens (including phenoxy) is 1. The maximum absolute atomic E-state index is 12.1. The van der Waals surface area contributed by atoms with Crippen LogP contribution < -0.4 is 5.32 Å². The molecule has 1 N–H and O–H groups in total. The van der Waals surface area contributed by atoms with Gasteiger partial charge in [0.15, 0.2) is 0 Å². The third-order valence-electron chi connectivity index (χ3n) is 4.07. The molecule has 7 heteroatoms. The molecule has 24 heavy (non-hydrogen) atoms. The molecule has 5 nitrogen and oxygen atoms in total. The fourth-order valence-corrected chi connectivity index (χ4v) is 3.18. The van der Waals surface area contributed by atoms with E-state index < -0.39 is 0 Å². The Hall–Kier alpha value is -1.30. The second-order valence-electron chi connectivity index (χ2n) is 5.81. The van der Waals surface area contributed by atoms with Crippen molar-refractivity contribution in [2.75, 3.05) is 26.2 Å². The maximum atomic E-state index is 12.1. The van der Waals surface area contributed by atoms with Crippen LogP contribution in [-0.4, -0.2) is 43.0 Å². The minimum Gasteiger partial charge on any atom is -0.466 e. The van der Waals surface area contributed by atoms with Crippen molar-refractivity contribution in [3.63, 3.8) is 0 Å². The van der Waals surface area contributed by atoms with Crippen LogP contribution in [0, 0.1) is 5.92 Å². The van der Waals surface area contributed by atoms with Crippen LogP contribution in [0.15, 0.2) is 18.2 Å². The number of halogens is 2. The molecule has 0 bridgehead atoms. The highest BCUT2D eigenvalue weighted by Crippen LogP contribution is 2.21. The molecular weight excluding hydrogens is 351 g/mol. The van der Waals surface area contributed by atoms with Crippen molar-refractivity contribution in [3.05, 3.63) is 33.8 Å². The summed E-state index contributed by atoms with van der Waals surface area (Å²) in [6, 6.07) is 5.20. The largest absolute Gasteiger partial charge is 0.466 e. The van der Waals surface area contributed by atoms with E-state index in [2.05, 4.69) is 10.2 Å². The smallest absolute Gasteiger partial charge is 0.309 e. The highest BCUT2D eigenvalue weighted by atomic mass is 35.5. The number of carbonyl (C=O) groups excluding carboxylic acids is 2. The molecule has 1 aromatic carbocycles. The number of carbonyl (C=O) groups is 2. The monoisotopic (exact) mass is 372 g/mol. The molecule has 0 aromatic heterocycles. The molecule has 1 aliphatic heterocycles. The Balaban J connectivity index is 1.73. The van der Waals surface area contributed by atoms with Crippen LogP contribution in [-0.2, 0) is 20.9 Å². The summed E-state index contributed by atoms with van der Waals surface area (Å²) < 4.78 is 5.05. The number of hydrogen-bond acceptors (Lipinski definition) is 4. The molecule has 1 aliphatic rings. The topological polar surface area (TPSA) is 58.6 Å². The summed E-state index contributed by atoms with van der Waals surface area (Å²) in [6.45, 7) is 4.35. The van der Waals surface area contributed by atoms with Crippen molar-refractivity contribution in [1.82, 2.24) is 10.2 Å². The van der Waals surface area contributed by atoms with E-state index in [4.69, 9.17) is 27.9 Å². The second-order valence-corrected chi connectivity index (χ2v) is 6.66. The first-order valence-electron chi connectivity index (χ1n) is 8.09. The zero-order valence-electron chi connectivity index (χ0n) is 13.7. The molecule has 0 unspecified atom stereocenters. The van der Waals surface area contributed by atoms with Gasteiger partial charge in [-0.1, -0.05) is 29.3 Å². The van der Waals surface area contributed by atoms with Gasteiger partial charge in [0.2, 0.25) is 5.91 Å². The van der Waals surface area contributed by atoms with Crippen LogP contribution in [0.2, 0.25) is 10.0 Å². The molecule has 1 heterocycles. The third kappa shape index (κ3) is 5.65. The fraction of sp³-hybridized carbons (Fsp3) is 0.529. The van der Waals surface area contributed by atoms with Crippen LogP contribution in [0.4, 0.5) is 0 Å². The number of likely N-dealkylation sites (tertiary alicyclic amines) is 1. The molecule has 0 saturated carbocycles. The molecule has 0 atom stereocenters. The Bertz CT molecular complexity index is 587. The Morgan fingerprint density at radius 1 is 1.29 bits per heavy atom. The number of nitrogens with zero attached hydrogens (tertiary/aromatic N) is 1. The van der Waals surface area contributed by atoms with Crippen LogP contribution in [0.3, 0.4) is 0 Å². The van der Waals surface area contributed by atoms with Gasteiger partial charge in [0.05, 0.1) is 19.1 Å². The van der Waals surface area contributed by atoms with Gasteiger partial charge >= 0.3 is 5.97 Å². The normalized spacial score (nSPS) is 16.0. The zero-order chi connectivity index (χ0) is 17.5. The molecule has 1 amide bonds. The number of hydrogen-bond donors (Lipinski definition) is 1. The molecule has 0 spiro atoms. The van der Waals surface area contributed by atoms with E-state index in [0.717, 1.165) is 31.5 Å². The van der Waals surface area contributed by atoms with Gasteiger partial charge < -0.3 is 10.1 Å². The van der Waals surface area contributed by atoms with Gasteiger partial charge in [-0.25, -0.2) is 0 Å².